The lowest BCUT2D eigenvalue weighted by Gasteiger charge is -2.60. The van der Waals surface area contributed by atoms with E-state index in [-0.39, 0.29) is 10.8 Å². The van der Waals surface area contributed by atoms with Gasteiger partial charge in [-0.1, -0.05) is 24.6 Å². The standard InChI is InChI=1S/C21H31NO2/c1-19-8-6-13(22-24)10-12(19)4-5-14-16(19)7-9-20(2)18(14)15-11-17(15)21(20,3)23/h10,14-18,23-24H,4-9,11H2,1-3H3/b22-13+/t14-,15+,16+,17-,18-,19+,20+,21+/m1/s1. The maximum Gasteiger partial charge on any atom is 0.0795 e. The zero-order chi connectivity index (χ0) is 16.9. The highest BCUT2D eigenvalue weighted by molar-refractivity contribution is 5.96. The van der Waals surface area contributed by atoms with Crippen molar-refractivity contribution in [1.29, 1.82) is 0 Å². The number of hydrogen-bond donors (Lipinski definition) is 2. The van der Waals surface area contributed by atoms with E-state index in [4.69, 9.17) is 5.21 Å². The topological polar surface area (TPSA) is 52.8 Å². The molecule has 4 saturated carbocycles. The van der Waals surface area contributed by atoms with Crippen molar-refractivity contribution in [1.82, 2.24) is 0 Å². The summed E-state index contributed by atoms with van der Waals surface area (Å²) in [7, 11) is 0. The van der Waals surface area contributed by atoms with Gasteiger partial charge in [-0.15, -0.1) is 0 Å². The minimum Gasteiger partial charge on any atom is -0.411 e. The quantitative estimate of drug-likeness (QED) is 0.511. The Kier molecular flexibility index (Phi) is 2.87. The van der Waals surface area contributed by atoms with E-state index in [0.29, 0.717) is 5.92 Å². The first-order valence-electron chi connectivity index (χ1n) is 9.97. The summed E-state index contributed by atoms with van der Waals surface area (Å²) in [5, 5.41) is 23.9. The van der Waals surface area contributed by atoms with Gasteiger partial charge >= 0.3 is 0 Å². The number of nitrogens with zero attached hydrogens (tertiary/aromatic N) is 1. The summed E-state index contributed by atoms with van der Waals surface area (Å²) in [4.78, 5) is 0. The second kappa shape index (κ2) is 4.47. The molecule has 0 amide bonds. The molecule has 0 heterocycles. The van der Waals surface area contributed by atoms with E-state index in [0.717, 1.165) is 48.6 Å². The molecule has 0 unspecified atom stereocenters. The normalized spacial score (nSPS) is 59.9. The molecule has 0 aliphatic heterocycles. The molecule has 0 aromatic carbocycles. The third-order valence-corrected chi connectivity index (χ3v) is 9.54. The van der Waals surface area contributed by atoms with Gasteiger partial charge in [-0.05, 0) is 98.4 Å². The molecule has 0 saturated heterocycles. The van der Waals surface area contributed by atoms with Crippen LogP contribution < -0.4 is 0 Å². The lowest BCUT2D eigenvalue weighted by atomic mass is 9.45. The molecule has 2 N–H and O–H groups in total. The molecule has 0 radical (unpaired) electrons. The Bertz CT molecular complexity index is 650. The first-order valence-corrected chi connectivity index (χ1v) is 9.97. The van der Waals surface area contributed by atoms with E-state index in [2.05, 4.69) is 32.0 Å². The average Bonchev–Trinajstić information content (AvgIpc) is 3.31. The van der Waals surface area contributed by atoms with E-state index in [1.54, 1.807) is 0 Å². The Morgan fingerprint density at radius 1 is 1.04 bits per heavy atom. The third kappa shape index (κ3) is 1.61. The minimum absolute atomic E-state index is 0.131. The molecule has 132 valence electrons. The van der Waals surface area contributed by atoms with Gasteiger partial charge in [0.1, 0.15) is 0 Å². The van der Waals surface area contributed by atoms with E-state index >= 15 is 0 Å². The second-order valence-corrected chi connectivity index (χ2v) is 10.1. The van der Waals surface area contributed by atoms with Crippen molar-refractivity contribution in [2.24, 2.45) is 45.6 Å². The largest absolute Gasteiger partial charge is 0.411 e. The van der Waals surface area contributed by atoms with E-state index in [1.807, 2.05) is 0 Å². The SMILES string of the molecule is C[C@]12CC/C(=N\O)C=C1CC[C@H]1[C@@H]3[C@H]4C[C@H]4[C@](C)(O)[C@@]3(C)CC[C@@H]12. The molecule has 0 aromatic heterocycles. The number of hydrogen-bond acceptors (Lipinski definition) is 3. The summed E-state index contributed by atoms with van der Waals surface area (Å²) in [6, 6.07) is 0. The summed E-state index contributed by atoms with van der Waals surface area (Å²) in [5.41, 5.74) is 2.37. The highest BCUT2D eigenvalue weighted by Gasteiger charge is 2.74. The van der Waals surface area contributed by atoms with Gasteiger partial charge in [-0.3, -0.25) is 0 Å². The summed E-state index contributed by atoms with van der Waals surface area (Å²) in [5.74, 6) is 3.61. The van der Waals surface area contributed by atoms with Crippen LogP contribution in [-0.2, 0) is 0 Å². The van der Waals surface area contributed by atoms with Crippen molar-refractivity contribution >= 4 is 5.71 Å². The molecule has 5 rings (SSSR count). The van der Waals surface area contributed by atoms with Crippen LogP contribution in [0.3, 0.4) is 0 Å². The average molecular weight is 329 g/mol. The minimum atomic E-state index is -0.451. The second-order valence-electron chi connectivity index (χ2n) is 10.1. The summed E-state index contributed by atoms with van der Waals surface area (Å²) in [6.07, 6.45) is 10.4. The van der Waals surface area contributed by atoms with Crippen molar-refractivity contribution in [2.75, 3.05) is 0 Å². The number of fused-ring (bicyclic) bond motifs is 7. The molecule has 3 nitrogen and oxygen atoms in total. The van der Waals surface area contributed by atoms with Crippen LogP contribution in [0, 0.1) is 40.4 Å². The zero-order valence-electron chi connectivity index (χ0n) is 15.3. The molecular weight excluding hydrogens is 298 g/mol. The summed E-state index contributed by atoms with van der Waals surface area (Å²) >= 11 is 0. The number of aliphatic hydroxyl groups is 1. The Balaban J connectivity index is 1.53. The highest BCUT2D eigenvalue weighted by Crippen LogP contribution is 2.76. The smallest absolute Gasteiger partial charge is 0.0795 e. The molecule has 0 bridgehead atoms. The molecule has 5 aliphatic carbocycles. The van der Waals surface area contributed by atoms with Gasteiger partial charge in [0.15, 0.2) is 0 Å². The lowest BCUT2D eigenvalue weighted by Crippen LogP contribution is -2.55. The Hall–Kier alpha value is -0.830. The van der Waals surface area contributed by atoms with Crippen LogP contribution in [0.4, 0.5) is 0 Å². The van der Waals surface area contributed by atoms with Gasteiger partial charge < -0.3 is 10.3 Å². The predicted octanol–water partition coefficient (Wildman–Crippen LogP) is 4.39. The van der Waals surface area contributed by atoms with Crippen LogP contribution in [0.15, 0.2) is 16.8 Å². The van der Waals surface area contributed by atoms with Crippen molar-refractivity contribution in [3.8, 4) is 0 Å². The maximum absolute atomic E-state index is 11.3. The molecule has 24 heavy (non-hydrogen) atoms. The van der Waals surface area contributed by atoms with E-state index in [9.17, 15) is 5.11 Å². The van der Waals surface area contributed by atoms with Crippen molar-refractivity contribution < 1.29 is 10.3 Å². The lowest BCUT2D eigenvalue weighted by molar-refractivity contribution is -0.137. The van der Waals surface area contributed by atoms with Gasteiger partial charge in [0.25, 0.3) is 0 Å². The first kappa shape index (κ1) is 15.4. The van der Waals surface area contributed by atoms with Gasteiger partial charge in [0, 0.05) is 0 Å². The first-order chi connectivity index (χ1) is 11.3. The predicted molar refractivity (Wildman–Crippen MR) is 93.9 cm³/mol. The van der Waals surface area contributed by atoms with Crippen LogP contribution in [0.5, 0.6) is 0 Å². The fourth-order valence-corrected chi connectivity index (χ4v) is 7.96. The van der Waals surface area contributed by atoms with Crippen LogP contribution in [0.25, 0.3) is 0 Å². The number of rotatable bonds is 0. The van der Waals surface area contributed by atoms with Crippen molar-refractivity contribution in [3.05, 3.63) is 11.6 Å². The molecular formula is C21H31NO2. The molecule has 0 spiro atoms. The molecule has 3 heteroatoms. The monoisotopic (exact) mass is 329 g/mol. The maximum atomic E-state index is 11.3. The van der Waals surface area contributed by atoms with E-state index in [1.165, 1.54) is 31.3 Å². The van der Waals surface area contributed by atoms with Crippen molar-refractivity contribution in [3.63, 3.8) is 0 Å². The van der Waals surface area contributed by atoms with Gasteiger partial charge in [-0.2, -0.15) is 0 Å². The molecule has 5 aliphatic rings. The zero-order valence-corrected chi connectivity index (χ0v) is 15.3. The van der Waals surface area contributed by atoms with Crippen LogP contribution in [0.1, 0.15) is 65.7 Å². The fraction of sp³-hybridized carbons (Fsp3) is 0.857. The van der Waals surface area contributed by atoms with Crippen LogP contribution in [-0.4, -0.2) is 21.6 Å². The molecule has 4 fully saturated rings. The number of allylic oxidation sites excluding steroid dienone is 2. The fourth-order valence-electron chi connectivity index (χ4n) is 7.96. The van der Waals surface area contributed by atoms with Crippen LogP contribution >= 0.6 is 0 Å². The highest BCUT2D eigenvalue weighted by atomic mass is 16.4. The Labute approximate surface area is 145 Å². The van der Waals surface area contributed by atoms with Gasteiger partial charge in [-0.25, -0.2) is 0 Å². The third-order valence-electron chi connectivity index (χ3n) is 9.54. The van der Waals surface area contributed by atoms with E-state index < -0.39 is 5.60 Å². The summed E-state index contributed by atoms with van der Waals surface area (Å²) in [6.45, 7) is 7.01. The van der Waals surface area contributed by atoms with Gasteiger partial charge in [0.05, 0.1) is 11.3 Å². The molecule has 0 aromatic rings. The summed E-state index contributed by atoms with van der Waals surface area (Å²) < 4.78 is 0. The van der Waals surface area contributed by atoms with Crippen molar-refractivity contribution in [2.45, 2.75) is 71.3 Å². The molecule has 8 atom stereocenters. The Morgan fingerprint density at radius 3 is 2.58 bits per heavy atom. The van der Waals surface area contributed by atoms with Gasteiger partial charge in [0.2, 0.25) is 0 Å². The Morgan fingerprint density at radius 2 is 1.83 bits per heavy atom. The van der Waals surface area contributed by atoms with Crippen LogP contribution in [0.2, 0.25) is 0 Å². The number of oxime groups is 1.